The third kappa shape index (κ3) is 3.99. The first-order valence-corrected chi connectivity index (χ1v) is 10.9. The fourth-order valence-corrected chi connectivity index (χ4v) is 4.99. The van der Waals surface area contributed by atoms with Crippen LogP contribution in [0.1, 0.15) is 27.2 Å². The van der Waals surface area contributed by atoms with Crippen molar-refractivity contribution in [2.24, 2.45) is 7.05 Å². The number of ketones is 1. The van der Waals surface area contributed by atoms with E-state index in [0.717, 1.165) is 0 Å². The summed E-state index contributed by atoms with van der Waals surface area (Å²) in [5.41, 5.74) is 0.818. The summed E-state index contributed by atoms with van der Waals surface area (Å²) in [4.78, 5) is 27.1. The first-order valence-electron chi connectivity index (χ1n) is 8.30. The molecule has 1 aliphatic heterocycles. The van der Waals surface area contributed by atoms with Gasteiger partial charge in [0, 0.05) is 48.5 Å². The Balaban J connectivity index is 1.94. The van der Waals surface area contributed by atoms with E-state index in [2.05, 4.69) is 5.10 Å². The van der Waals surface area contributed by atoms with Gasteiger partial charge in [0.15, 0.2) is 9.84 Å². The minimum atomic E-state index is -3.00. The van der Waals surface area contributed by atoms with Crippen LogP contribution in [0.2, 0.25) is 10.0 Å². The van der Waals surface area contributed by atoms with E-state index in [1.54, 1.807) is 13.0 Å². The summed E-state index contributed by atoms with van der Waals surface area (Å²) in [6.07, 6.45) is 0. The van der Waals surface area contributed by atoms with Crippen LogP contribution >= 0.6 is 23.2 Å². The lowest BCUT2D eigenvalue weighted by Crippen LogP contribution is -2.39. The Bertz CT molecular complexity index is 1060. The van der Waals surface area contributed by atoms with Gasteiger partial charge in [-0.1, -0.05) is 23.2 Å². The van der Waals surface area contributed by atoms with E-state index in [0.29, 0.717) is 35.9 Å². The van der Waals surface area contributed by atoms with Gasteiger partial charge in [-0.3, -0.25) is 24.3 Å². The number of hydrogen-bond donors (Lipinski definition) is 1. The monoisotopic (exact) mass is 431 g/mol. The summed E-state index contributed by atoms with van der Waals surface area (Å²) >= 11 is 12.8. The first-order chi connectivity index (χ1) is 12.6. The molecule has 1 saturated heterocycles. The number of hydrogen-bond acceptors (Lipinski definition) is 5. The van der Waals surface area contributed by atoms with E-state index in [9.17, 15) is 18.0 Å². The van der Waals surface area contributed by atoms with Gasteiger partial charge in [-0.25, -0.2) is 8.42 Å². The largest absolute Gasteiger partial charge is 0.299 e. The minimum Gasteiger partial charge on any atom is -0.299 e. The lowest BCUT2D eigenvalue weighted by atomic mass is 10.0. The van der Waals surface area contributed by atoms with Crippen LogP contribution in [-0.4, -0.2) is 53.5 Å². The van der Waals surface area contributed by atoms with Crippen molar-refractivity contribution in [1.82, 2.24) is 14.7 Å². The molecule has 1 N–H and O–H groups in total. The summed E-state index contributed by atoms with van der Waals surface area (Å²) < 4.78 is 24.4. The van der Waals surface area contributed by atoms with Crippen LogP contribution in [0, 0.1) is 6.92 Å². The highest BCUT2D eigenvalue weighted by atomic mass is 35.5. The molecule has 146 valence electrons. The highest BCUT2D eigenvalue weighted by molar-refractivity contribution is 7.91. The highest BCUT2D eigenvalue weighted by Crippen LogP contribution is 2.31. The minimum absolute atomic E-state index is 0.0386. The van der Waals surface area contributed by atoms with E-state index in [-0.39, 0.29) is 27.7 Å². The van der Waals surface area contributed by atoms with Gasteiger partial charge >= 0.3 is 0 Å². The molecule has 27 heavy (non-hydrogen) atoms. The second kappa shape index (κ2) is 7.43. The van der Waals surface area contributed by atoms with Crippen molar-refractivity contribution in [1.29, 1.82) is 0 Å². The van der Waals surface area contributed by atoms with Gasteiger partial charge in [0.25, 0.3) is 5.56 Å². The standard InChI is InChI=1S/C17H19Cl2N3O4S/c1-10-14(17(24)21(2)20-10)16(23)11-3-4-13(18)12(15(11)19)9-22-5-7-27(25,26)8-6-22/h3-4,20H,5-9H2,1-2H3. The number of carbonyl (C=O) groups excluding carboxylic acids is 1. The van der Waals surface area contributed by atoms with Crippen LogP contribution in [-0.2, 0) is 23.4 Å². The van der Waals surface area contributed by atoms with Crippen LogP contribution < -0.4 is 5.56 Å². The van der Waals surface area contributed by atoms with Crippen molar-refractivity contribution >= 4 is 38.8 Å². The van der Waals surface area contributed by atoms with E-state index in [1.165, 1.54) is 17.8 Å². The van der Waals surface area contributed by atoms with Crippen LogP contribution in [0.3, 0.4) is 0 Å². The third-order valence-corrected chi connectivity index (χ3v) is 7.10. The van der Waals surface area contributed by atoms with Crippen molar-refractivity contribution < 1.29 is 13.2 Å². The number of H-pyrrole nitrogens is 1. The summed E-state index contributed by atoms with van der Waals surface area (Å²) in [5.74, 6) is -0.308. The number of nitrogens with one attached hydrogen (secondary N) is 1. The smallest absolute Gasteiger partial charge is 0.277 e. The Morgan fingerprint density at radius 3 is 2.41 bits per heavy atom. The Labute approximate surface area is 166 Å². The Hall–Kier alpha value is -1.61. The Kier molecular flexibility index (Phi) is 5.54. The fraction of sp³-hybridized carbons (Fsp3) is 0.412. The van der Waals surface area contributed by atoms with E-state index >= 15 is 0 Å². The lowest BCUT2D eigenvalue weighted by Gasteiger charge is -2.27. The molecule has 0 radical (unpaired) electrons. The van der Waals surface area contributed by atoms with Gasteiger partial charge in [0.2, 0.25) is 5.78 Å². The maximum absolute atomic E-state index is 12.9. The highest BCUT2D eigenvalue weighted by Gasteiger charge is 2.26. The van der Waals surface area contributed by atoms with Gasteiger partial charge < -0.3 is 0 Å². The van der Waals surface area contributed by atoms with Gasteiger partial charge in [-0.2, -0.15) is 0 Å². The fourth-order valence-electron chi connectivity index (χ4n) is 3.14. The second-order valence-corrected chi connectivity index (χ2v) is 9.71. The maximum Gasteiger partial charge on any atom is 0.277 e. The second-order valence-electron chi connectivity index (χ2n) is 6.62. The van der Waals surface area contributed by atoms with Crippen LogP contribution in [0.4, 0.5) is 0 Å². The summed E-state index contributed by atoms with van der Waals surface area (Å²) in [7, 11) is -1.46. The van der Waals surface area contributed by atoms with E-state index < -0.39 is 21.2 Å². The number of aromatic nitrogens is 2. The van der Waals surface area contributed by atoms with Crippen LogP contribution in [0.15, 0.2) is 16.9 Å². The molecule has 0 atom stereocenters. The van der Waals surface area contributed by atoms with E-state index in [1.807, 2.05) is 4.90 Å². The zero-order valence-corrected chi connectivity index (χ0v) is 17.2. The molecule has 2 aromatic rings. The molecule has 1 fully saturated rings. The van der Waals surface area contributed by atoms with Crippen molar-refractivity contribution in [3.63, 3.8) is 0 Å². The van der Waals surface area contributed by atoms with Gasteiger partial charge in [0.05, 0.1) is 16.5 Å². The first kappa shape index (κ1) is 20.1. The molecule has 10 heteroatoms. The van der Waals surface area contributed by atoms with Gasteiger partial charge in [-0.15, -0.1) is 0 Å². The number of aromatic amines is 1. The zero-order chi connectivity index (χ0) is 19.9. The Morgan fingerprint density at radius 1 is 1.22 bits per heavy atom. The average molecular weight is 432 g/mol. The number of benzene rings is 1. The number of rotatable bonds is 4. The number of aryl methyl sites for hydroxylation is 2. The maximum atomic E-state index is 12.9. The van der Waals surface area contributed by atoms with Crippen molar-refractivity contribution in [3.05, 3.63) is 54.9 Å². The Morgan fingerprint density at radius 2 is 1.85 bits per heavy atom. The van der Waals surface area contributed by atoms with Crippen LogP contribution in [0.5, 0.6) is 0 Å². The molecule has 3 rings (SSSR count). The molecule has 2 heterocycles. The molecule has 0 aliphatic carbocycles. The van der Waals surface area contributed by atoms with Crippen molar-refractivity contribution in [3.8, 4) is 0 Å². The van der Waals surface area contributed by atoms with Gasteiger partial charge in [0.1, 0.15) is 5.56 Å². The number of nitrogens with zero attached hydrogens (tertiary/aromatic N) is 2. The molecule has 1 aliphatic rings. The van der Waals surface area contributed by atoms with Crippen LogP contribution in [0.25, 0.3) is 0 Å². The summed E-state index contributed by atoms with van der Waals surface area (Å²) in [5, 5.41) is 3.37. The third-order valence-electron chi connectivity index (χ3n) is 4.71. The molecule has 1 aromatic carbocycles. The summed E-state index contributed by atoms with van der Waals surface area (Å²) in [6, 6.07) is 3.08. The number of halogens is 2. The molecule has 0 bridgehead atoms. The quantitative estimate of drug-likeness (QED) is 0.744. The average Bonchev–Trinajstić information content (AvgIpc) is 2.84. The number of sulfone groups is 1. The normalized spacial score (nSPS) is 17.2. The molecule has 0 spiro atoms. The zero-order valence-electron chi connectivity index (χ0n) is 14.9. The molecule has 1 aromatic heterocycles. The summed E-state index contributed by atoms with van der Waals surface area (Å²) in [6.45, 7) is 2.74. The van der Waals surface area contributed by atoms with Crippen molar-refractivity contribution in [2.75, 3.05) is 24.6 Å². The predicted molar refractivity (Wildman–Crippen MR) is 105 cm³/mol. The molecule has 0 saturated carbocycles. The van der Waals surface area contributed by atoms with Gasteiger partial charge in [-0.05, 0) is 19.1 Å². The number of carbonyl (C=O) groups is 1. The molecule has 0 unspecified atom stereocenters. The molecule has 0 amide bonds. The SMILES string of the molecule is Cc1[nH]n(C)c(=O)c1C(=O)c1ccc(Cl)c(CN2CCS(=O)(=O)CC2)c1Cl. The predicted octanol–water partition coefficient (Wildman–Crippen LogP) is 1.79. The molecule has 7 nitrogen and oxygen atoms in total. The molecular weight excluding hydrogens is 413 g/mol. The topological polar surface area (TPSA) is 92.2 Å². The van der Waals surface area contributed by atoms with E-state index in [4.69, 9.17) is 23.2 Å². The van der Waals surface area contributed by atoms with Crippen molar-refractivity contribution in [2.45, 2.75) is 13.5 Å². The molecular formula is C17H19Cl2N3O4S. The lowest BCUT2D eigenvalue weighted by molar-refractivity contribution is 0.103.